The highest BCUT2D eigenvalue weighted by Gasteiger charge is 2.45. The molecule has 0 heterocycles. The lowest BCUT2D eigenvalue weighted by atomic mass is 9.99. The van der Waals surface area contributed by atoms with Gasteiger partial charge in [-0.25, -0.2) is 4.79 Å². The molecule has 0 aromatic rings. The molecule has 0 aliphatic carbocycles. The minimum Gasteiger partial charge on any atom is -0.461 e. The maximum Gasteiger partial charge on any atom is 0.471 e. The molecule has 0 aliphatic rings. The van der Waals surface area contributed by atoms with Crippen LogP contribution in [-0.2, 0) is 14.3 Å². The van der Waals surface area contributed by atoms with E-state index in [2.05, 4.69) is 0 Å². The van der Waals surface area contributed by atoms with Gasteiger partial charge >= 0.3 is 18.1 Å². The van der Waals surface area contributed by atoms with E-state index in [-0.39, 0.29) is 6.42 Å². The number of carbonyl (C=O) groups excluding carboxylic acids is 2. The van der Waals surface area contributed by atoms with Gasteiger partial charge in [0.05, 0.1) is 6.10 Å². The molecule has 1 unspecified atom stereocenters. The number of halogens is 3. The highest BCUT2D eigenvalue weighted by atomic mass is 19.4. The lowest BCUT2D eigenvalue weighted by molar-refractivity contribution is -0.179. The average molecular weight is 283 g/mol. The Balaban J connectivity index is 4.77. The number of hydrogen-bond acceptors (Lipinski definition) is 3. The molecule has 19 heavy (non-hydrogen) atoms. The van der Waals surface area contributed by atoms with Crippen molar-refractivity contribution in [1.82, 2.24) is 5.32 Å². The van der Waals surface area contributed by atoms with Crippen molar-refractivity contribution in [3.05, 3.63) is 0 Å². The van der Waals surface area contributed by atoms with Crippen LogP contribution < -0.4 is 5.32 Å². The molecule has 112 valence electrons. The van der Waals surface area contributed by atoms with Crippen molar-refractivity contribution >= 4 is 11.9 Å². The largest absolute Gasteiger partial charge is 0.471 e. The van der Waals surface area contributed by atoms with Crippen LogP contribution in [0.5, 0.6) is 0 Å². The van der Waals surface area contributed by atoms with E-state index < -0.39 is 29.7 Å². The number of esters is 1. The number of amides is 1. The summed E-state index contributed by atoms with van der Waals surface area (Å²) in [5, 5.41) is 1.69. The second-order valence-corrected chi connectivity index (χ2v) is 4.64. The predicted molar refractivity (Wildman–Crippen MR) is 63.4 cm³/mol. The van der Waals surface area contributed by atoms with Crippen LogP contribution in [0.2, 0.25) is 0 Å². The minimum atomic E-state index is -5.02. The first-order valence-corrected chi connectivity index (χ1v) is 6.17. The third-order valence-corrected chi connectivity index (χ3v) is 2.81. The lowest BCUT2D eigenvalue weighted by Gasteiger charge is -2.29. The van der Waals surface area contributed by atoms with E-state index in [1.54, 1.807) is 12.2 Å². The lowest BCUT2D eigenvalue weighted by Crippen LogP contribution is -2.56. The zero-order valence-corrected chi connectivity index (χ0v) is 11.6. The van der Waals surface area contributed by atoms with Gasteiger partial charge in [0, 0.05) is 0 Å². The van der Waals surface area contributed by atoms with Crippen LogP contribution in [0.25, 0.3) is 0 Å². The van der Waals surface area contributed by atoms with E-state index in [0.29, 0.717) is 6.42 Å². The van der Waals surface area contributed by atoms with Gasteiger partial charge in [0.25, 0.3) is 0 Å². The molecule has 0 spiro atoms. The SMILES string of the molecule is CCCC(C)OC(=O)[C@@](C)(CC)NC(=O)C(F)(F)F. The molecular formula is C12H20F3NO3. The quantitative estimate of drug-likeness (QED) is 0.762. The van der Waals surface area contributed by atoms with E-state index in [9.17, 15) is 22.8 Å². The highest BCUT2D eigenvalue weighted by molar-refractivity contribution is 5.90. The molecular weight excluding hydrogens is 263 g/mol. The number of alkyl halides is 3. The standard InChI is InChI=1S/C12H20F3NO3/c1-5-7-8(3)19-10(18)11(4,6-2)16-9(17)12(13,14)15/h8H,5-7H2,1-4H3,(H,16,17)/t8?,11-/m1/s1. The van der Waals surface area contributed by atoms with Crippen molar-refractivity contribution < 1.29 is 27.5 Å². The van der Waals surface area contributed by atoms with Crippen molar-refractivity contribution in [3.63, 3.8) is 0 Å². The minimum absolute atomic E-state index is 0.00645. The van der Waals surface area contributed by atoms with Crippen LogP contribution in [0.1, 0.15) is 47.0 Å². The van der Waals surface area contributed by atoms with E-state index in [4.69, 9.17) is 4.74 Å². The molecule has 0 aromatic heterocycles. The summed E-state index contributed by atoms with van der Waals surface area (Å²) in [5.41, 5.74) is -1.67. The zero-order valence-electron chi connectivity index (χ0n) is 11.6. The smallest absolute Gasteiger partial charge is 0.461 e. The van der Waals surface area contributed by atoms with Gasteiger partial charge in [-0.3, -0.25) is 4.79 Å². The van der Waals surface area contributed by atoms with Crippen LogP contribution in [0.4, 0.5) is 13.2 Å². The molecule has 0 saturated heterocycles. The van der Waals surface area contributed by atoms with Crippen LogP contribution in [0.15, 0.2) is 0 Å². The van der Waals surface area contributed by atoms with E-state index in [0.717, 1.165) is 6.42 Å². The first-order chi connectivity index (χ1) is 8.56. The summed E-state index contributed by atoms with van der Waals surface area (Å²) in [6, 6.07) is 0. The molecule has 0 aliphatic heterocycles. The topological polar surface area (TPSA) is 55.4 Å². The summed E-state index contributed by atoms with van der Waals surface area (Å²) in [7, 11) is 0. The van der Waals surface area contributed by atoms with E-state index in [1.807, 2.05) is 6.92 Å². The van der Waals surface area contributed by atoms with Crippen molar-refractivity contribution in [2.45, 2.75) is 64.8 Å². The molecule has 1 N–H and O–H groups in total. The number of rotatable bonds is 6. The number of hydrogen-bond donors (Lipinski definition) is 1. The molecule has 4 nitrogen and oxygen atoms in total. The van der Waals surface area contributed by atoms with Gasteiger partial charge in [-0.15, -0.1) is 0 Å². The second-order valence-electron chi connectivity index (χ2n) is 4.64. The van der Waals surface area contributed by atoms with Gasteiger partial charge < -0.3 is 10.1 Å². The number of carbonyl (C=O) groups is 2. The van der Waals surface area contributed by atoms with Gasteiger partial charge in [0.15, 0.2) is 0 Å². The van der Waals surface area contributed by atoms with Crippen LogP contribution in [0.3, 0.4) is 0 Å². The Labute approximate surface area is 110 Å². The highest BCUT2D eigenvalue weighted by Crippen LogP contribution is 2.20. The van der Waals surface area contributed by atoms with E-state index >= 15 is 0 Å². The van der Waals surface area contributed by atoms with E-state index in [1.165, 1.54) is 13.8 Å². The average Bonchev–Trinajstić information content (AvgIpc) is 2.27. The summed E-state index contributed by atoms with van der Waals surface area (Å²) in [4.78, 5) is 22.8. The maximum atomic E-state index is 12.2. The van der Waals surface area contributed by atoms with Crippen molar-refractivity contribution in [2.24, 2.45) is 0 Å². The van der Waals surface area contributed by atoms with Gasteiger partial charge in [-0.1, -0.05) is 20.3 Å². The van der Waals surface area contributed by atoms with Gasteiger partial charge in [-0.05, 0) is 26.7 Å². The third kappa shape index (κ3) is 5.48. The molecule has 0 aromatic carbocycles. The number of nitrogens with one attached hydrogen (secondary N) is 1. The molecule has 1 amide bonds. The maximum absolute atomic E-state index is 12.2. The van der Waals surface area contributed by atoms with Crippen LogP contribution in [0, 0.1) is 0 Å². The van der Waals surface area contributed by atoms with Crippen molar-refractivity contribution in [1.29, 1.82) is 0 Å². The number of ether oxygens (including phenoxy) is 1. The molecule has 0 saturated carbocycles. The Morgan fingerprint density at radius 1 is 1.26 bits per heavy atom. The monoisotopic (exact) mass is 283 g/mol. The summed E-state index contributed by atoms with van der Waals surface area (Å²) in [5.74, 6) is -2.99. The Bertz CT molecular complexity index is 331. The molecule has 0 rings (SSSR count). The fraction of sp³-hybridized carbons (Fsp3) is 0.833. The molecule has 0 radical (unpaired) electrons. The Morgan fingerprint density at radius 3 is 2.16 bits per heavy atom. The zero-order chi connectivity index (χ0) is 15.3. The normalized spacial score (nSPS) is 16.4. The van der Waals surface area contributed by atoms with Crippen molar-refractivity contribution in [3.8, 4) is 0 Å². The molecule has 2 atom stereocenters. The Hall–Kier alpha value is -1.27. The summed E-state index contributed by atoms with van der Waals surface area (Å²) < 4.78 is 41.6. The first-order valence-electron chi connectivity index (χ1n) is 6.17. The molecule has 0 fully saturated rings. The predicted octanol–water partition coefficient (Wildman–Crippen LogP) is 2.57. The Kier molecular flexibility index (Phi) is 6.32. The molecule has 7 heteroatoms. The van der Waals surface area contributed by atoms with Crippen molar-refractivity contribution in [2.75, 3.05) is 0 Å². The summed E-state index contributed by atoms with van der Waals surface area (Å²) in [6.45, 7) is 6.28. The van der Waals surface area contributed by atoms with Crippen LogP contribution >= 0.6 is 0 Å². The molecule has 0 bridgehead atoms. The fourth-order valence-corrected chi connectivity index (χ4v) is 1.38. The van der Waals surface area contributed by atoms with Gasteiger partial charge in [-0.2, -0.15) is 13.2 Å². The van der Waals surface area contributed by atoms with Gasteiger partial charge in [0.1, 0.15) is 5.54 Å². The fourth-order valence-electron chi connectivity index (χ4n) is 1.38. The first kappa shape index (κ1) is 17.7. The summed E-state index contributed by atoms with van der Waals surface area (Å²) >= 11 is 0. The van der Waals surface area contributed by atoms with Crippen LogP contribution in [-0.4, -0.2) is 29.7 Å². The third-order valence-electron chi connectivity index (χ3n) is 2.81. The Morgan fingerprint density at radius 2 is 1.79 bits per heavy atom. The van der Waals surface area contributed by atoms with Gasteiger partial charge in [0.2, 0.25) is 0 Å². The second kappa shape index (κ2) is 6.77. The summed E-state index contributed by atoms with van der Waals surface area (Å²) in [6.07, 6.45) is -4.02.